The number of carbonyl (C=O) groups is 1. The molecule has 1 N–H and O–H groups in total. The normalized spacial score (nSPS) is 16.4. The maximum atomic E-state index is 12.7. The Balaban J connectivity index is 1.86. The molecule has 0 fully saturated rings. The maximum absolute atomic E-state index is 12.7. The van der Waals surface area contributed by atoms with Crippen LogP contribution in [0.15, 0.2) is 36.4 Å². The van der Waals surface area contributed by atoms with Crippen LogP contribution in [-0.4, -0.2) is 34.9 Å². The lowest BCUT2D eigenvalue weighted by atomic mass is 9.93. The molecule has 1 atom stereocenters. The molecule has 5 nitrogen and oxygen atoms in total. The number of aromatic nitrogens is 2. The molecule has 2 aromatic carbocycles. The van der Waals surface area contributed by atoms with E-state index >= 15 is 0 Å². The van der Waals surface area contributed by atoms with Crippen molar-refractivity contribution >= 4 is 16.9 Å². The third-order valence-electron chi connectivity index (χ3n) is 4.68. The summed E-state index contributed by atoms with van der Waals surface area (Å²) in [5, 5.41) is 0. The smallest absolute Gasteiger partial charge is 0.253 e. The molecule has 1 aliphatic heterocycles. The summed E-state index contributed by atoms with van der Waals surface area (Å²) in [5.41, 5.74) is 4.46. The van der Waals surface area contributed by atoms with E-state index in [-0.39, 0.29) is 12.0 Å². The molecule has 0 radical (unpaired) electrons. The lowest BCUT2D eigenvalue weighted by molar-refractivity contribution is 0.0823. The van der Waals surface area contributed by atoms with Crippen molar-refractivity contribution in [2.24, 2.45) is 0 Å². The molecule has 0 saturated heterocycles. The predicted octanol–water partition coefficient (Wildman–Crippen LogP) is 3.64. The van der Waals surface area contributed by atoms with Gasteiger partial charge < -0.3 is 14.6 Å². The van der Waals surface area contributed by atoms with Crippen molar-refractivity contribution in [2.45, 2.75) is 25.9 Å². The number of fused-ring (bicyclic) bond motifs is 3. The molecule has 4 rings (SSSR count). The minimum absolute atomic E-state index is 0.00726. The Morgan fingerprint density at radius 3 is 2.76 bits per heavy atom. The first-order valence-corrected chi connectivity index (χ1v) is 8.50. The van der Waals surface area contributed by atoms with Crippen LogP contribution in [0.25, 0.3) is 11.0 Å². The van der Waals surface area contributed by atoms with E-state index in [2.05, 4.69) is 22.1 Å². The van der Waals surface area contributed by atoms with E-state index in [1.54, 1.807) is 19.0 Å². The van der Waals surface area contributed by atoms with Crippen LogP contribution in [0.3, 0.4) is 0 Å². The van der Waals surface area contributed by atoms with Crippen LogP contribution in [0, 0.1) is 6.92 Å². The number of benzene rings is 2. The van der Waals surface area contributed by atoms with Gasteiger partial charge in [-0.1, -0.05) is 30.3 Å². The molecule has 1 amide bonds. The lowest BCUT2D eigenvalue weighted by Crippen LogP contribution is -2.25. The molecule has 0 spiro atoms. The van der Waals surface area contributed by atoms with E-state index in [4.69, 9.17) is 4.74 Å². The summed E-state index contributed by atoms with van der Waals surface area (Å²) in [7, 11) is 3.54. The standard InChI is InChI=1S/C20H21N3O2/c1-12-21-16-11-15(20(24)23(2)3)14-9-10-17(13-7-5-4-6-8-13)25-19(14)18(16)22-12/h4-8,11,17H,9-10H2,1-3H3,(H,21,22). The van der Waals surface area contributed by atoms with Gasteiger partial charge in [-0.15, -0.1) is 0 Å². The van der Waals surface area contributed by atoms with Crippen LogP contribution in [0.4, 0.5) is 0 Å². The van der Waals surface area contributed by atoms with Crippen LogP contribution in [0.5, 0.6) is 5.75 Å². The summed E-state index contributed by atoms with van der Waals surface area (Å²) < 4.78 is 6.36. The van der Waals surface area contributed by atoms with Crippen LogP contribution in [0.2, 0.25) is 0 Å². The minimum Gasteiger partial charge on any atom is -0.483 e. The monoisotopic (exact) mass is 335 g/mol. The third-order valence-corrected chi connectivity index (χ3v) is 4.68. The summed E-state index contributed by atoms with van der Waals surface area (Å²) in [5.74, 6) is 1.55. The first-order valence-electron chi connectivity index (χ1n) is 8.50. The van der Waals surface area contributed by atoms with Crippen LogP contribution < -0.4 is 4.74 Å². The molecule has 0 saturated carbocycles. The van der Waals surface area contributed by atoms with Crippen LogP contribution in [-0.2, 0) is 6.42 Å². The number of aryl methyl sites for hydroxylation is 1. The molecule has 1 aromatic heterocycles. The molecule has 128 valence electrons. The highest BCUT2D eigenvalue weighted by Gasteiger charge is 2.29. The number of amides is 1. The van der Waals surface area contributed by atoms with Crippen molar-refractivity contribution in [3.8, 4) is 5.75 Å². The van der Waals surface area contributed by atoms with E-state index in [0.717, 1.165) is 46.6 Å². The van der Waals surface area contributed by atoms with E-state index < -0.39 is 0 Å². The van der Waals surface area contributed by atoms with Gasteiger partial charge in [-0.3, -0.25) is 4.79 Å². The van der Waals surface area contributed by atoms with Gasteiger partial charge >= 0.3 is 0 Å². The molecule has 3 aromatic rings. The van der Waals surface area contributed by atoms with E-state index in [1.807, 2.05) is 31.2 Å². The first kappa shape index (κ1) is 15.7. The average Bonchev–Trinajstić information content (AvgIpc) is 3.01. The fraction of sp³-hybridized carbons (Fsp3) is 0.300. The lowest BCUT2D eigenvalue weighted by Gasteiger charge is -2.28. The Hall–Kier alpha value is -2.82. The van der Waals surface area contributed by atoms with Gasteiger partial charge in [0.15, 0.2) is 5.75 Å². The molecule has 1 aliphatic rings. The fourth-order valence-corrected chi connectivity index (χ4v) is 3.47. The predicted molar refractivity (Wildman–Crippen MR) is 97.0 cm³/mol. The highest BCUT2D eigenvalue weighted by Crippen LogP contribution is 2.41. The molecule has 1 unspecified atom stereocenters. The van der Waals surface area contributed by atoms with Crippen molar-refractivity contribution < 1.29 is 9.53 Å². The summed E-state index contributed by atoms with van der Waals surface area (Å²) in [6.07, 6.45) is 1.63. The summed E-state index contributed by atoms with van der Waals surface area (Å²) in [4.78, 5) is 22.1. The second kappa shape index (κ2) is 5.92. The zero-order chi connectivity index (χ0) is 17.6. The number of nitrogens with one attached hydrogen (secondary N) is 1. The molecule has 0 bridgehead atoms. The second-order valence-corrected chi connectivity index (χ2v) is 6.71. The second-order valence-electron chi connectivity index (χ2n) is 6.71. The zero-order valence-corrected chi connectivity index (χ0v) is 14.7. The number of hydrogen-bond donors (Lipinski definition) is 1. The van der Waals surface area contributed by atoms with Gasteiger partial charge in [-0.25, -0.2) is 4.98 Å². The Morgan fingerprint density at radius 2 is 2.04 bits per heavy atom. The Kier molecular flexibility index (Phi) is 3.71. The summed E-state index contributed by atoms with van der Waals surface area (Å²) in [6.45, 7) is 1.91. The van der Waals surface area contributed by atoms with Crippen molar-refractivity contribution in [1.29, 1.82) is 0 Å². The van der Waals surface area contributed by atoms with Crippen molar-refractivity contribution in [3.05, 3.63) is 58.9 Å². The van der Waals surface area contributed by atoms with Gasteiger partial charge in [0.2, 0.25) is 0 Å². The number of nitrogens with zero attached hydrogens (tertiary/aromatic N) is 2. The largest absolute Gasteiger partial charge is 0.483 e. The molecule has 25 heavy (non-hydrogen) atoms. The Morgan fingerprint density at radius 1 is 1.28 bits per heavy atom. The number of hydrogen-bond acceptors (Lipinski definition) is 3. The van der Waals surface area contributed by atoms with Crippen LogP contribution in [0.1, 0.15) is 39.8 Å². The summed E-state index contributed by atoms with van der Waals surface area (Å²) in [6, 6.07) is 12.1. The van der Waals surface area contributed by atoms with Gasteiger partial charge in [-0.05, 0) is 31.4 Å². The molecule has 0 aliphatic carbocycles. The third kappa shape index (κ3) is 2.65. The quantitative estimate of drug-likeness (QED) is 0.778. The highest BCUT2D eigenvalue weighted by molar-refractivity contribution is 6.01. The zero-order valence-electron chi connectivity index (χ0n) is 14.7. The first-order chi connectivity index (χ1) is 12.0. The number of H-pyrrole nitrogens is 1. The molecular formula is C20H21N3O2. The van der Waals surface area contributed by atoms with Gasteiger partial charge in [0.1, 0.15) is 17.4 Å². The van der Waals surface area contributed by atoms with Gasteiger partial charge in [0.05, 0.1) is 5.52 Å². The molecular weight excluding hydrogens is 314 g/mol. The van der Waals surface area contributed by atoms with Crippen molar-refractivity contribution in [3.63, 3.8) is 0 Å². The Bertz CT molecular complexity index is 944. The highest BCUT2D eigenvalue weighted by atomic mass is 16.5. The number of carbonyl (C=O) groups excluding carboxylic acids is 1. The van der Waals surface area contributed by atoms with Crippen LogP contribution >= 0.6 is 0 Å². The number of rotatable bonds is 2. The van der Waals surface area contributed by atoms with Crippen molar-refractivity contribution in [1.82, 2.24) is 14.9 Å². The SMILES string of the molecule is Cc1nc2c3c(c(C(=O)N(C)C)cc2[nH]1)CCC(c1ccccc1)O3. The topological polar surface area (TPSA) is 58.2 Å². The van der Waals surface area contributed by atoms with E-state index in [9.17, 15) is 4.79 Å². The number of ether oxygens (including phenoxy) is 1. The fourth-order valence-electron chi connectivity index (χ4n) is 3.47. The van der Waals surface area contributed by atoms with E-state index in [1.165, 1.54) is 0 Å². The average molecular weight is 335 g/mol. The maximum Gasteiger partial charge on any atom is 0.253 e. The number of aromatic amines is 1. The summed E-state index contributed by atoms with van der Waals surface area (Å²) >= 11 is 0. The van der Waals surface area contributed by atoms with E-state index in [0.29, 0.717) is 5.56 Å². The van der Waals surface area contributed by atoms with Crippen molar-refractivity contribution in [2.75, 3.05) is 14.1 Å². The molecule has 5 heteroatoms. The number of imidazole rings is 1. The minimum atomic E-state index is -0.0152. The Labute approximate surface area is 146 Å². The van der Waals surface area contributed by atoms with Gasteiger partial charge in [0, 0.05) is 25.2 Å². The van der Waals surface area contributed by atoms with Gasteiger partial charge in [0.25, 0.3) is 5.91 Å². The van der Waals surface area contributed by atoms with Gasteiger partial charge in [-0.2, -0.15) is 0 Å². The molecule has 2 heterocycles.